The Morgan fingerprint density at radius 3 is 2.31 bits per heavy atom. The van der Waals surface area contributed by atoms with E-state index in [1.54, 1.807) is 0 Å². The molecule has 2 N–H and O–H groups in total. The van der Waals surface area contributed by atoms with E-state index in [1.165, 1.54) is 19.3 Å². The number of nitrogens with one attached hydrogen (secondary N) is 1. The average molecular weight is 229 g/mol. The van der Waals surface area contributed by atoms with Crippen molar-refractivity contribution in [1.29, 1.82) is 0 Å². The fourth-order valence-electron chi connectivity index (χ4n) is 2.20. The molecule has 0 aliphatic carbocycles. The molecule has 2 nitrogen and oxygen atoms in total. The Kier molecular flexibility index (Phi) is 8.04. The van der Waals surface area contributed by atoms with Crippen LogP contribution in [0.25, 0.3) is 0 Å². The van der Waals surface area contributed by atoms with Gasteiger partial charge >= 0.3 is 0 Å². The van der Waals surface area contributed by atoms with Crippen LogP contribution >= 0.6 is 0 Å². The quantitative estimate of drug-likeness (QED) is 0.636. The molecule has 0 amide bonds. The Bertz CT molecular complexity index is 168. The van der Waals surface area contributed by atoms with Crippen molar-refractivity contribution < 1.29 is 5.11 Å². The van der Waals surface area contributed by atoms with Crippen LogP contribution in [0.1, 0.15) is 60.3 Å². The van der Waals surface area contributed by atoms with E-state index in [0.29, 0.717) is 6.04 Å². The molecule has 0 fully saturated rings. The van der Waals surface area contributed by atoms with Crippen LogP contribution in [0.5, 0.6) is 0 Å². The molecule has 0 aromatic carbocycles. The highest BCUT2D eigenvalue weighted by atomic mass is 16.3. The van der Waals surface area contributed by atoms with Crippen LogP contribution in [-0.4, -0.2) is 24.3 Å². The van der Waals surface area contributed by atoms with Gasteiger partial charge in [-0.3, -0.25) is 0 Å². The van der Waals surface area contributed by atoms with Crippen LogP contribution in [0.4, 0.5) is 0 Å². The summed E-state index contributed by atoms with van der Waals surface area (Å²) in [5, 5.41) is 12.7. The smallest absolute Gasteiger partial charge is 0.0436 e. The highest BCUT2D eigenvalue weighted by Gasteiger charge is 2.20. The van der Waals surface area contributed by atoms with Gasteiger partial charge in [0, 0.05) is 19.2 Å². The minimum atomic E-state index is 0.202. The Labute approximate surface area is 102 Å². The molecule has 0 saturated heterocycles. The highest BCUT2D eigenvalue weighted by molar-refractivity contribution is 4.77. The van der Waals surface area contributed by atoms with Crippen molar-refractivity contribution in [3.8, 4) is 0 Å². The van der Waals surface area contributed by atoms with E-state index >= 15 is 0 Å². The van der Waals surface area contributed by atoms with Gasteiger partial charge in [-0.25, -0.2) is 0 Å². The van der Waals surface area contributed by atoms with Gasteiger partial charge in [-0.2, -0.15) is 0 Å². The summed E-state index contributed by atoms with van der Waals surface area (Å²) < 4.78 is 0. The zero-order valence-corrected chi connectivity index (χ0v) is 11.8. The fraction of sp³-hybridized carbons (Fsp3) is 1.00. The molecule has 0 aromatic rings. The molecule has 0 rings (SSSR count). The van der Waals surface area contributed by atoms with Gasteiger partial charge in [-0.05, 0) is 30.6 Å². The first kappa shape index (κ1) is 15.9. The van der Waals surface area contributed by atoms with E-state index in [-0.39, 0.29) is 12.0 Å². The summed E-state index contributed by atoms with van der Waals surface area (Å²) in [6, 6.07) is 0.623. The lowest BCUT2D eigenvalue weighted by atomic mass is 9.88. The predicted molar refractivity (Wildman–Crippen MR) is 71.6 cm³/mol. The molecule has 0 aliphatic rings. The van der Waals surface area contributed by atoms with Crippen molar-refractivity contribution in [3.05, 3.63) is 0 Å². The minimum absolute atomic E-state index is 0.202. The van der Waals surface area contributed by atoms with Gasteiger partial charge in [0.15, 0.2) is 0 Å². The van der Waals surface area contributed by atoms with E-state index in [2.05, 4.69) is 39.9 Å². The summed E-state index contributed by atoms with van der Waals surface area (Å²) in [5.41, 5.74) is 0.202. The largest absolute Gasteiger partial charge is 0.396 e. The van der Waals surface area contributed by atoms with Crippen LogP contribution in [0.3, 0.4) is 0 Å². The summed E-state index contributed by atoms with van der Waals surface area (Å²) in [4.78, 5) is 0. The fourth-order valence-corrected chi connectivity index (χ4v) is 2.20. The topological polar surface area (TPSA) is 32.3 Å². The van der Waals surface area contributed by atoms with Crippen molar-refractivity contribution in [2.75, 3.05) is 13.2 Å². The van der Waals surface area contributed by atoms with Crippen molar-refractivity contribution in [3.63, 3.8) is 0 Å². The molecule has 0 aliphatic heterocycles. The van der Waals surface area contributed by atoms with Gasteiger partial charge in [0.2, 0.25) is 0 Å². The van der Waals surface area contributed by atoms with Crippen LogP contribution in [-0.2, 0) is 0 Å². The Morgan fingerprint density at radius 1 is 1.25 bits per heavy atom. The second kappa shape index (κ2) is 8.08. The molecular formula is C14H31NO. The van der Waals surface area contributed by atoms with Crippen LogP contribution < -0.4 is 5.32 Å². The summed E-state index contributed by atoms with van der Waals surface area (Å²) in [6.45, 7) is 12.6. The van der Waals surface area contributed by atoms with Gasteiger partial charge in [0.25, 0.3) is 0 Å². The van der Waals surface area contributed by atoms with E-state index in [0.717, 1.165) is 18.9 Å². The first-order valence-electron chi connectivity index (χ1n) is 6.81. The molecular weight excluding hydrogens is 198 g/mol. The molecule has 0 bridgehead atoms. The summed E-state index contributed by atoms with van der Waals surface area (Å²) in [6.07, 6.45) is 4.63. The second-order valence-electron chi connectivity index (χ2n) is 5.80. The SMILES string of the molecule is CCCC(C)C(CC)NCC(C)(C)CCO. The first-order valence-corrected chi connectivity index (χ1v) is 6.81. The van der Waals surface area contributed by atoms with Gasteiger partial charge in [-0.15, -0.1) is 0 Å². The van der Waals surface area contributed by atoms with Gasteiger partial charge in [-0.1, -0.05) is 41.0 Å². The zero-order valence-electron chi connectivity index (χ0n) is 11.8. The molecule has 16 heavy (non-hydrogen) atoms. The predicted octanol–water partition coefficient (Wildman–Crippen LogP) is 3.20. The molecule has 2 atom stereocenters. The molecule has 0 aromatic heterocycles. The van der Waals surface area contributed by atoms with E-state index in [1.807, 2.05) is 0 Å². The normalized spacial score (nSPS) is 16.1. The van der Waals surface area contributed by atoms with E-state index < -0.39 is 0 Å². The van der Waals surface area contributed by atoms with Crippen LogP contribution in [0.2, 0.25) is 0 Å². The lowest BCUT2D eigenvalue weighted by Gasteiger charge is -2.30. The van der Waals surface area contributed by atoms with Crippen LogP contribution in [0, 0.1) is 11.3 Å². The zero-order chi connectivity index (χ0) is 12.6. The van der Waals surface area contributed by atoms with Gasteiger partial charge < -0.3 is 10.4 Å². The Hall–Kier alpha value is -0.0800. The third-order valence-electron chi connectivity index (χ3n) is 3.50. The van der Waals surface area contributed by atoms with Gasteiger partial charge in [0.05, 0.1) is 0 Å². The summed E-state index contributed by atoms with van der Waals surface area (Å²) in [7, 11) is 0. The van der Waals surface area contributed by atoms with Crippen molar-refractivity contribution >= 4 is 0 Å². The lowest BCUT2D eigenvalue weighted by Crippen LogP contribution is -2.40. The number of rotatable bonds is 9. The van der Waals surface area contributed by atoms with Crippen molar-refractivity contribution in [2.24, 2.45) is 11.3 Å². The number of hydrogen-bond donors (Lipinski definition) is 2. The van der Waals surface area contributed by atoms with Crippen molar-refractivity contribution in [1.82, 2.24) is 5.32 Å². The van der Waals surface area contributed by atoms with E-state index in [4.69, 9.17) is 5.11 Å². The van der Waals surface area contributed by atoms with E-state index in [9.17, 15) is 0 Å². The molecule has 2 unspecified atom stereocenters. The Balaban J connectivity index is 4.03. The van der Waals surface area contributed by atoms with Crippen molar-refractivity contribution in [2.45, 2.75) is 66.3 Å². The standard InChI is InChI=1S/C14H31NO/c1-6-8-12(3)13(7-2)15-11-14(4,5)9-10-16/h12-13,15-16H,6-11H2,1-5H3. The highest BCUT2D eigenvalue weighted by Crippen LogP contribution is 2.20. The maximum absolute atomic E-state index is 8.99. The molecule has 0 radical (unpaired) electrons. The maximum atomic E-state index is 8.99. The summed E-state index contributed by atoms with van der Waals surface area (Å²) in [5.74, 6) is 0.750. The number of aliphatic hydroxyl groups is 1. The first-order chi connectivity index (χ1) is 7.46. The molecule has 98 valence electrons. The third-order valence-corrected chi connectivity index (χ3v) is 3.50. The molecule has 0 heterocycles. The monoisotopic (exact) mass is 229 g/mol. The Morgan fingerprint density at radius 2 is 1.88 bits per heavy atom. The van der Waals surface area contributed by atoms with Gasteiger partial charge in [0.1, 0.15) is 0 Å². The third kappa shape index (κ3) is 6.49. The summed E-state index contributed by atoms with van der Waals surface area (Å²) >= 11 is 0. The molecule has 2 heteroatoms. The second-order valence-corrected chi connectivity index (χ2v) is 5.80. The minimum Gasteiger partial charge on any atom is -0.396 e. The molecule has 0 saturated carbocycles. The average Bonchev–Trinajstić information content (AvgIpc) is 2.18. The maximum Gasteiger partial charge on any atom is 0.0436 e. The number of hydrogen-bond acceptors (Lipinski definition) is 2. The van der Waals surface area contributed by atoms with Crippen LogP contribution in [0.15, 0.2) is 0 Å². The molecule has 0 spiro atoms. The number of aliphatic hydroxyl groups excluding tert-OH is 1. The lowest BCUT2D eigenvalue weighted by molar-refractivity contribution is 0.195.